The fourth-order valence-electron chi connectivity index (χ4n) is 1.83. The van der Waals surface area contributed by atoms with Crippen molar-refractivity contribution in [3.8, 4) is 5.75 Å². The third kappa shape index (κ3) is 3.98. The lowest BCUT2D eigenvalue weighted by atomic mass is 10.0. The van der Waals surface area contributed by atoms with Gasteiger partial charge in [0.1, 0.15) is 5.75 Å². The minimum atomic E-state index is -0.248. The molecule has 1 aromatic rings. The Morgan fingerprint density at radius 2 is 1.78 bits per heavy atom. The third-order valence-corrected chi connectivity index (χ3v) is 3.16. The Morgan fingerprint density at radius 1 is 1.17 bits per heavy atom. The van der Waals surface area contributed by atoms with Gasteiger partial charge in [-0.3, -0.25) is 0 Å². The van der Waals surface area contributed by atoms with Gasteiger partial charge in [-0.1, -0.05) is 6.07 Å². The van der Waals surface area contributed by atoms with Crippen molar-refractivity contribution in [3.05, 3.63) is 28.8 Å². The Morgan fingerprint density at radius 3 is 2.33 bits per heavy atom. The van der Waals surface area contributed by atoms with Crippen LogP contribution in [0.3, 0.4) is 0 Å². The fourth-order valence-corrected chi connectivity index (χ4v) is 1.83. The molecule has 0 radical (unpaired) electrons. The van der Waals surface area contributed by atoms with Crippen LogP contribution in [-0.2, 0) is 6.42 Å². The van der Waals surface area contributed by atoms with Gasteiger partial charge in [-0.2, -0.15) is 0 Å². The van der Waals surface area contributed by atoms with Crippen molar-refractivity contribution >= 4 is 0 Å². The highest BCUT2D eigenvalue weighted by Crippen LogP contribution is 2.23. The summed E-state index contributed by atoms with van der Waals surface area (Å²) < 4.78 is 5.36. The van der Waals surface area contributed by atoms with Crippen LogP contribution in [0.15, 0.2) is 12.1 Å². The van der Waals surface area contributed by atoms with Gasteiger partial charge >= 0.3 is 0 Å². The minimum absolute atomic E-state index is 0.0550. The van der Waals surface area contributed by atoms with Crippen LogP contribution in [0.4, 0.5) is 0 Å². The fraction of sp³-hybridized carbons (Fsp3) is 0.571. The summed E-state index contributed by atoms with van der Waals surface area (Å²) in [6, 6.07) is 3.92. The van der Waals surface area contributed by atoms with Crippen LogP contribution in [0, 0.1) is 13.8 Å². The van der Waals surface area contributed by atoms with E-state index in [4.69, 9.17) is 14.9 Å². The predicted octanol–water partition coefficient (Wildman–Crippen LogP) is 0.797. The number of nitrogens with one attached hydrogen (secondary N) is 1. The van der Waals surface area contributed by atoms with E-state index < -0.39 is 0 Å². The predicted molar refractivity (Wildman–Crippen MR) is 72.1 cm³/mol. The second-order valence-corrected chi connectivity index (χ2v) is 4.51. The highest BCUT2D eigenvalue weighted by Gasteiger charge is 2.08. The Hall–Kier alpha value is -1.10. The number of ether oxygens (including phenoxy) is 1. The van der Waals surface area contributed by atoms with Gasteiger partial charge in [0, 0.05) is 0 Å². The molecule has 0 amide bonds. The highest BCUT2D eigenvalue weighted by atomic mass is 16.5. The summed E-state index contributed by atoms with van der Waals surface area (Å²) in [6.45, 7) is 4.73. The average molecular weight is 253 g/mol. The van der Waals surface area contributed by atoms with Crippen molar-refractivity contribution < 1.29 is 14.9 Å². The zero-order chi connectivity index (χ0) is 13.5. The molecule has 0 unspecified atom stereocenters. The maximum Gasteiger partial charge on any atom is 0.122 e. The molecule has 0 aliphatic carbocycles. The monoisotopic (exact) mass is 253 g/mol. The van der Waals surface area contributed by atoms with Gasteiger partial charge in [-0.15, -0.1) is 0 Å². The van der Waals surface area contributed by atoms with Crippen LogP contribution in [0.25, 0.3) is 0 Å². The van der Waals surface area contributed by atoms with E-state index >= 15 is 0 Å². The number of rotatable bonds is 7. The van der Waals surface area contributed by atoms with Gasteiger partial charge in [-0.05, 0) is 49.6 Å². The number of hydrogen-bond acceptors (Lipinski definition) is 4. The van der Waals surface area contributed by atoms with E-state index in [0.29, 0.717) is 6.54 Å². The van der Waals surface area contributed by atoms with Crippen molar-refractivity contribution in [2.24, 2.45) is 0 Å². The number of methoxy groups -OCH3 is 1. The molecule has 4 nitrogen and oxygen atoms in total. The summed E-state index contributed by atoms with van der Waals surface area (Å²) in [7, 11) is 1.67. The van der Waals surface area contributed by atoms with Crippen LogP contribution in [0.2, 0.25) is 0 Å². The molecule has 18 heavy (non-hydrogen) atoms. The summed E-state index contributed by atoms with van der Waals surface area (Å²) in [5, 5.41) is 21.0. The van der Waals surface area contributed by atoms with Crippen LogP contribution >= 0.6 is 0 Å². The molecule has 102 valence electrons. The molecular formula is C14H23NO3. The summed E-state index contributed by atoms with van der Waals surface area (Å²) >= 11 is 0. The van der Waals surface area contributed by atoms with Crippen LogP contribution in [0.1, 0.15) is 16.7 Å². The lowest BCUT2D eigenvalue weighted by molar-refractivity contribution is 0.171. The smallest absolute Gasteiger partial charge is 0.122 e. The maximum atomic E-state index is 8.96. The SMILES string of the molecule is COc1cc(C)c(C)cc1CCNC(CO)CO. The topological polar surface area (TPSA) is 61.7 Å². The molecule has 3 N–H and O–H groups in total. The van der Waals surface area contributed by atoms with Gasteiger partial charge in [0.15, 0.2) is 0 Å². The Labute approximate surface area is 109 Å². The van der Waals surface area contributed by atoms with E-state index in [1.807, 2.05) is 6.07 Å². The second-order valence-electron chi connectivity index (χ2n) is 4.51. The van der Waals surface area contributed by atoms with E-state index in [9.17, 15) is 0 Å². The van der Waals surface area contributed by atoms with E-state index in [1.54, 1.807) is 7.11 Å². The third-order valence-electron chi connectivity index (χ3n) is 3.16. The quantitative estimate of drug-likeness (QED) is 0.672. The normalized spacial score (nSPS) is 11.0. The van der Waals surface area contributed by atoms with Gasteiger partial charge < -0.3 is 20.3 Å². The Bertz CT molecular complexity index is 376. The van der Waals surface area contributed by atoms with Gasteiger partial charge in [0.05, 0.1) is 26.4 Å². The highest BCUT2D eigenvalue weighted by molar-refractivity contribution is 5.41. The molecule has 0 heterocycles. The lowest BCUT2D eigenvalue weighted by Gasteiger charge is -2.15. The van der Waals surface area contributed by atoms with Crippen LogP contribution in [0.5, 0.6) is 5.75 Å². The van der Waals surface area contributed by atoms with Crippen molar-refractivity contribution in [1.29, 1.82) is 0 Å². The molecular weight excluding hydrogens is 230 g/mol. The molecule has 0 saturated heterocycles. The molecule has 0 aromatic heterocycles. The molecule has 0 aliphatic heterocycles. The van der Waals surface area contributed by atoms with E-state index in [-0.39, 0.29) is 19.3 Å². The van der Waals surface area contributed by atoms with Crippen molar-refractivity contribution in [2.75, 3.05) is 26.9 Å². The molecule has 0 bridgehead atoms. The van der Waals surface area contributed by atoms with Crippen LogP contribution in [-0.4, -0.2) is 43.1 Å². The summed E-state index contributed by atoms with van der Waals surface area (Å²) in [4.78, 5) is 0. The Kier molecular flexibility index (Phi) is 6.12. The standard InChI is InChI=1S/C14H23NO3/c1-10-6-12(14(18-3)7-11(10)2)4-5-15-13(8-16)9-17/h6-7,13,15-17H,4-5,8-9H2,1-3H3. The van der Waals surface area contributed by atoms with Crippen molar-refractivity contribution in [3.63, 3.8) is 0 Å². The molecule has 1 aromatic carbocycles. The molecule has 0 saturated carbocycles. The van der Waals surface area contributed by atoms with Gasteiger partial charge in [0.25, 0.3) is 0 Å². The molecule has 0 spiro atoms. The zero-order valence-corrected chi connectivity index (χ0v) is 11.4. The molecule has 4 heteroatoms. The van der Waals surface area contributed by atoms with Gasteiger partial charge in [0.2, 0.25) is 0 Å². The number of benzene rings is 1. The first-order chi connectivity index (χ1) is 8.62. The summed E-state index contributed by atoms with van der Waals surface area (Å²) in [5.41, 5.74) is 3.60. The number of aliphatic hydroxyl groups excluding tert-OH is 2. The zero-order valence-electron chi connectivity index (χ0n) is 11.4. The molecule has 0 fully saturated rings. The minimum Gasteiger partial charge on any atom is -0.496 e. The number of hydrogen-bond donors (Lipinski definition) is 3. The first-order valence-corrected chi connectivity index (χ1v) is 6.21. The second kappa shape index (κ2) is 7.36. The number of aliphatic hydroxyl groups is 2. The van der Waals surface area contributed by atoms with Gasteiger partial charge in [-0.25, -0.2) is 0 Å². The van der Waals surface area contributed by atoms with Crippen molar-refractivity contribution in [1.82, 2.24) is 5.32 Å². The molecule has 0 atom stereocenters. The van der Waals surface area contributed by atoms with E-state index in [0.717, 1.165) is 17.7 Å². The average Bonchev–Trinajstić information content (AvgIpc) is 2.38. The maximum absolute atomic E-state index is 8.96. The summed E-state index contributed by atoms with van der Waals surface area (Å²) in [6.07, 6.45) is 0.806. The lowest BCUT2D eigenvalue weighted by Crippen LogP contribution is -2.36. The van der Waals surface area contributed by atoms with E-state index in [2.05, 4.69) is 25.2 Å². The first-order valence-electron chi connectivity index (χ1n) is 6.21. The first kappa shape index (κ1) is 15.0. The molecule has 1 rings (SSSR count). The van der Waals surface area contributed by atoms with Crippen LogP contribution < -0.4 is 10.1 Å². The Balaban J connectivity index is 2.63. The van der Waals surface area contributed by atoms with Crippen molar-refractivity contribution in [2.45, 2.75) is 26.3 Å². The molecule has 0 aliphatic rings. The van der Waals surface area contributed by atoms with E-state index in [1.165, 1.54) is 11.1 Å². The summed E-state index contributed by atoms with van der Waals surface area (Å²) in [5.74, 6) is 0.893. The number of aryl methyl sites for hydroxylation is 2. The largest absolute Gasteiger partial charge is 0.496 e.